The Labute approximate surface area is 185 Å². The summed E-state index contributed by atoms with van der Waals surface area (Å²) in [5.41, 5.74) is 2.07. The fourth-order valence-electron chi connectivity index (χ4n) is 2.32. The van der Waals surface area contributed by atoms with E-state index in [1.807, 2.05) is 42.6 Å². The summed E-state index contributed by atoms with van der Waals surface area (Å²) in [6.45, 7) is 1.15. The van der Waals surface area contributed by atoms with Crippen molar-refractivity contribution in [3.05, 3.63) is 79.3 Å². The zero-order valence-corrected chi connectivity index (χ0v) is 18.5. The number of nitrogens with one attached hydrogen (secondary N) is 2. The SMILES string of the molecule is S=C(NCc1ccc(Cl)cc1)Nc1nn(Cc2ccc(Cl)c(Cl)c2)cc1Br. The Morgan fingerprint density at radius 1 is 1.04 bits per heavy atom. The van der Waals surface area contributed by atoms with Crippen LogP contribution in [-0.4, -0.2) is 14.9 Å². The monoisotopic (exact) mass is 502 g/mol. The van der Waals surface area contributed by atoms with Gasteiger partial charge in [-0.2, -0.15) is 5.10 Å². The van der Waals surface area contributed by atoms with Gasteiger partial charge in [0.25, 0.3) is 0 Å². The predicted molar refractivity (Wildman–Crippen MR) is 120 cm³/mol. The van der Waals surface area contributed by atoms with E-state index in [1.165, 1.54) is 0 Å². The number of hydrogen-bond acceptors (Lipinski definition) is 2. The zero-order valence-electron chi connectivity index (χ0n) is 13.8. The molecule has 0 radical (unpaired) electrons. The topological polar surface area (TPSA) is 41.9 Å². The first kappa shape index (κ1) is 20.4. The number of hydrogen-bond donors (Lipinski definition) is 2. The number of benzene rings is 2. The van der Waals surface area contributed by atoms with E-state index < -0.39 is 0 Å². The first-order valence-electron chi connectivity index (χ1n) is 7.87. The van der Waals surface area contributed by atoms with Gasteiger partial charge in [0.2, 0.25) is 0 Å². The lowest BCUT2D eigenvalue weighted by Gasteiger charge is -2.09. The molecule has 3 aromatic rings. The molecule has 27 heavy (non-hydrogen) atoms. The molecular formula is C18H14BrCl3N4S. The minimum absolute atomic E-state index is 0.477. The number of rotatable bonds is 5. The summed E-state index contributed by atoms with van der Waals surface area (Å²) >= 11 is 26.7. The molecule has 0 aliphatic rings. The second kappa shape index (κ2) is 9.26. The van der Waals surface area contributed by atoms with E-state index in [2.05, 4.69) is 31.7 Å². The largest absolute Gasteiger partial charge is 0.358 e. The van der Waals surface area contributed by atoms with E-state index in [0.29, 0.717) is 39.1 Å². The number of aromatic nitrogens is 2. The van der Waals surface area contributed by atoms with Crippen molar-refractivity contribution in [3.8, 4) is 0 Å². The summed E-state index contributed by atoms with van der Waals surface area (Å²) in [6, 6.07) is 13.1. The Bertz CT molecular complexity index is 960. The second-order valence-electron chi connectivity index (χ2n) is 5.71. The van der Waals surface area contributed by atoms with Crippen molar-refractivity contribution in [1.82, 2.24) is 15.1 Å². The third kappa shape index (κ3) is 5.83. The van der Waals surface area contributed by atoms with Crippen LogP contribution in [0.3, 0.4) is 0 Å². The molecule has 3 rings (SSSR count). The Hall–Kier alpha value is -1.31. The minimum atomic E-state index is 0.477. The molecule has 0 amide bonds. The maximum Gasteiger partial charge on any atom is 0.172 e. The average Bonchev–Trinajstić information content (AvgIpc) is 2.96. The normalized spacial score (nSPS) is 10.7. The van der Waals surface area contributed by atoms with Gasteiger partial charge < -0.3 is 10.6 Å². The van der Waals surface area contributed by atoms with E-state index in [0.717, 1.165) is 15.6 Å². The van der Waals surface area contributed by atoms with Crippen LogP contribution < -0.4 is 10.6 Å². The quantitative estimate of drug-likeness (QED) is 0.410. The van der Waals surface area contributed by atoms with Crippen molar-refractivity contribution < 1.29 is 0 Å². The van der Waals surface area contributed by atoms with Crippen LogP contribution in [0.1, 0.15) is 11.1 Å². The molecule has 0 aliphatic heterocycles. The molecule has 0 saturated carbocycles. The van der Waals surface area contributed by atoms with Gasteiger partial charge in [-0.15, -0.1) is 0 Å². The highest BCUT2D eigenvalue weighted by molar-refractivity contribution is 9.10. The molecule has 0 atom stereocenters. The van der Waals surface area contributed by atoms with E-state index in [-0.39, 0.29) is 0 Å². The molecule has 1 aromatic heterocycles. The van der Waals surface area contributed by atoms with Crippen molar-refractivity contribution in [2.75, 3.05) is 5.32 Å². The highest BCUT2D eigenvalue weighted by Gasteiger charge is 2.09. The number of halogens is 4. The molecule has 0 fully saturated rings. The third-order valence-corrected chi connectivity index (χ3v) is 5.46. The standard InChI is InChI=1S/C18H14BrCl3N4S/c19-14-10-26(9-12-3-6-15(21)16(22)7-12)25-17(14)24-18(27)23-8-11-1-4-13(20)5-2-11/h1-7,10H,8-9H2,(H2,23,24,25,27). The molecule has 1 heterocycles. The van der Waals surface area contributed by atoms with E-state index in [9.17, 15) is 0 Å². The van der Waals surface area contributed by atoms with Crippen molar-refractivity contribution in [3.63, 3.8) is 0 Å². The van der Waals surface area contributed by atoms with Gasteiger partial charge in [0.1, 0.15) is 0 Å². The van der Waals surface area contributed by atoms with Gasteiger partial charge in [0.15, 0.2) is 10.9 Å². The van der Waals surface area contributed by atoms with Gasteiger partial charge in [0, 0.05) is 17.8 Å². The molecule has 0 unspecified atom stereocenters. The van der Waals surface area contributed by atoms with Gasteiger partial charge in [-0.1, -0.05) is 53.0 Å². The van der Waals surface area contributed by atoms with Gasteiger partial charge in [0.05, 0.1) is 21.1 Å². The lowest BCUT2D eigenvalue weighted by Crippen LogP contribution is -2.28. The van der Waals surface area contributed by atoms with Crippen molar-refractivity contribution in [2.24, 2.45) is 0 Å². The summed E-state index contributed by atoms with van der Waals surface area (Å²) in [7, 11) is 0. The summed E-state index contributed by atoms with van der Waals surface area (Å²) < 4.78 is 2.59. The number of nitrogens with zero attached hydrogens (tertiary/aromatic N) is 2. The molecule has 2 N–H and O–H groups in total. The Morgan fingerprint density at radius 3 is 2.44 bits per heavy atom. The van der Waals surface area contributed by atoms with Crippen LogP contribution in [-0.2, 0) is 13.1 Å². The first-order chi connectivity index (χ1) is 12.9. The molecule has 0 bridgehead atoms. The number of anilines is 1. The lowest BCUT2D eigenvalue weighted by atomic mass is 10.2. The summed E-state index contributed by atoms with van der Waals surface area (Å²) in [5.74, 6) is 0.628. The smallest absolute Gasteiger partial charge is 0.172 e. The Kier molecular flexibility index (Phi) is 7.00. The van der Waals surface area contributed by atoms with Crippen LogP contribution in [0.15, 0.2) is 53.1 Å². The first-order valence-corrected chi connectivity index (χ1v) is 10.2. The molecule has 0 aliphatic carbocycles. The molecule has 0 saturated heterocycles. The second-order valence-corrected chi connectivity index (χ2v) is 8.22. The maximum atomic E-state index is 6.06. The minimum Gasteiger partial charge on any atom is -0.358 e. The van der Waals surface area contributed by atoms with Crippen LogP contribution in [0.2, 0.25) is 15.1 Å². The van der Waals surface area contributed by atoms with Gasteiger partial charge in [-0.3, -0.25) is 4.68 Å². The lowest BCUT2D eigenvalue weighted by molar-refractivity contribution is 0.689. The number of thiocarbonyl (C=S) groups is 1. The van der Waals surface area contributed by atoms with Crippen molar-refractivity contribution in [1.29, 1.82) is 0 Å². The Balaban J connectivity index is 1.59. The van der Waals surface area contributed by atoms with Gasteiger partial charge in [-0.05, 0) is 63.5 Å². The maximum absolute atomic E-state index is 6.06. The third-order valence-electron chi connectivity index (χ3n) is 3.64. The highest BCUT2D eigenvalue weighted by atomic mass is 79.9. The van der Waals surface area contributed by atoms with E-state index in [1.54, 1.807) is 10.7 Å². The van der Waals surface area contributed by atoms with Crippen LogP contribution in [0.5, 0.6) is 0 Å². The van der Waals surface area contributed by atoms with E-state index >= 15 is 0 Å². The van der Waals surface area contributed by atoms with Crippen LogP contribution in [0, 0.1) is 0 Å². The zero-order chi connectivity index (χ0) is 19.4. The molecule has 140 valence electrons. The summed E-state index contributed by atoms with van der Waals surface area (Å²) in [5, 5.41) is 13.0. The molecule has 4 nitrogen and oxygen atoms in total. The van der Waals surface area contributed by atoms with E-state index in [4.69, 9.17) is 47.0 Å². The fourth-order valence-corrected chi connectivity index (χ4v) is 3.35. The van der Waals surface area contributed by atoms with Gasteiger partial charge >= 0.3 is 0 Å². The molecular weight excluding hydrogens is 491 g/mol. The van der Waals surface area contributed by atoms with Crippen LogP contribution in [0.25, 0.3) is 0 Å². The molecule has 9 heteroatoms. The summed E-state index contributed by atoms with van der Waals surface area (Å²) in [6.07, 6.45) is 1.87. The average molecular weight is 505 g/mol. The molecule has 2 aromatic carbocycles. The molecule has 0 spiro atoms. The van der Waals surface area contributed by atoms with Crippen molar-refractivity contribution in [2.45, 2.75) is 13.1 Å². The fraction of sp³-hybridized carbons (Fsp3) is 0.111. The Morgan fingerprint density at radius 2 is 1.74 bits per heavy atom. The van der Waals surface area contributed by atoms with Gasteiger partial charge in [-0.25, -0.2) is 0 Å². The highest BCUT2D eigenvalue weighted by Crippen LogP contribution is 2.24. The van der Waals surface area contributed by atoms with Crippen molar-refractivity contribution >= 4 is 73.9 Å². The van der Waals surface area contributed by atoms with Crippen LogP contribution >= 0.6 is 63.0 Å². The predicted octanol–water partition coefficient (Wildman–Crippen LogP) is 6.14. The van der Waals surface area contributed by atoms with Crippen LogP contribution in [0.4, 0.5) is 5.82 Å². The summed E-state index contributed by atoms with van der Waals surface area (Å²) in [4.78, 5) is 0.